The first kappa shape index (κ1) is 21.2. The Morgan fingerprint density at radius 2 is 1.19 bits per heavy atom. The van der Waals surface area contributed by atoms with Gasteiger partial charge in [-0.1, -0.05) is 0 Å². The van der Waals surface area contributed by atoms with Gasteiger partial charge in [-0.3, -0.25) is 0 Å². The number of amides is 2. The molecule has 2 unspecified atom stereocenters. The van der Waals surface area contributed by atoms with Gasteiger partial charge in [0.1, 0.15) is 13.2 Å². The number of hydrogen-bond acceptors (Lipinski definition) is 9. The molecule has 0 saturated carbocycles. The van der Waals surface area contributed by atoms with Crippen LogP contribution in [0.1, 0.15) is 0 Å². The molecule has 27 heavy (non-hydrogen) atoms. The molecule has 0 radical (unpaired) electrons. The molecular weight excluding hydrogens is 404 g/mol. The minimum absolute atomic E-state index is 0.0564. The number of nitrogens with one attached hydrogen (secondary N) is 2. The molecule has 2 aliphatic heterocycles. The van der Waals surface area contributed by atoms with Gasteiger partial charge < -0.3 is 24.8 Å². The SMILES string of the molecule is O=C(NC1C=CS(=O)(=O)C1)OCCOCCOC(=O)NC1C=CS(=O)(=O)C1. The Balaban J connectivity index is 1.45. The molecule has 2 amide bonds. The van der Waals surface area contributed by atoms with E-state index >= 15 is 0 Å². The average molecular weight is 424 g/mol. The second kappa shape index (κ2) is 9.19. The highest BCUT2D eigenvalue weighted by atomic mass is 32.2. The van der Waals surface area contributed by atoms with Gasteiger partial charge in [0.15, 0.2) is 19.7 Å². The van der Waals surface area contributed by atoms with E-state index in [0.29, 0.717) is 0 Å². The fourth-order valence-electron chi connectivity index (χ4n) is 2.21. The van der Waals surface area contributed by atoms with E-state index in [9.17, 15) is 26.4 Å². The lowest BCUT2D eigenvalue weighted by atomic mass is 10.3. The van der Waals surface area contributed by atoms with Gasteiger partial charge in [-0.25, -0.2) is 26.4 Å². The van der Waals surface area contributed by atoms with E-state index in [1.165, 1.54) is 12.2 Å². The zero-order valence-corrected chi connectivity index (χ0v) is 15.8. The molecule has 2 rings (SSSR count). The van der Waals surface area contributed by atoms with Crippen molar-refractivity contribution >= 4 is 31.9 Å². The van der Waals surface area contributed by atoms with Crippen molar-refractivity contribution in [3.63, 3.8) is 0 Å². The monoisotopic (exact) mass is 424 g/mol. The Morgan fingerprint density at radius 3 is 1.52 bits per heavy atom. The molecule has 2 N–H and O–H groups in total. The topological polar surface area (TPSA) is 154 Å². The summed E-state index contributed by atoms with van der Waals surface area (Å²) in [5.74, 6) is -0.388. The summed E-state index contributed by atoms with van der Waals surface area (Å²) in [5.41, 5.74) is 0. The average Bonchev–Trinajstić information content (AvgIpc) is 3.07. The van der Waals surface area contributed by atoms with Crippen LogP contribution in [0.25, 0.3) is 0 Å². The highest BCUT2D eigenvalue weighted by Gasteiger charge is 2.24. The summed E-state index contributed by atoms with van der Waals surface area (Å²) in [4.78, 5) is 22.9. The lowest BCUT2D eigenvalue weighted by Gasteiger charge is -2.12. The first-order chi connectivity index (χ1) is 12.7. The summed E-state index contributed by atoms with van der Waals surface area (Å²) >= 11 is 0. The quantitative estimate of drug-likeness (QED) is 0.471. The Morgan fingerprint density at radius 1 is 0.778 bits per heavy atom. The van der Waals surface area contributed by atoms with E-state index in [0.717, 1.165) is 10.8 Å². The van der Waals surface area contributed by atoms with Crippen molar-refractivity contribution in [1.82, 2.24) is 10.6 Å². The van der Waals surface area contributed by atoms with E-state index < -0.39 is 43.9 Å². The summed E-state index contributed by atoms with van der Waals surface area (Å²) in [7, 11) is -6.51. The summed E-state index contributed by atoms with van der Waals surface area (Å²) in [6.07, 6.45) is 1.21. The molecule has 0 fully saturated rings. The minimum Gasteiger partial charge on any atom is -0.447 e. The maximum absolute atomic E-state index is 11.5. The lowest BCUT2D eigenvalue weighted by Crippen LogP contribution is -2.36. The van der Waals surface area contributed by atoms with Gasteiger partial charge in [-0.15, -0.1) is 0 Å². The molecule has 152 valence electrons. The lowest BCUT2D eigenvalue weighted by molar-refractivity contribution is 0.0453. The largest absolute Gasteiger partial charge is 0.447 e. The smallest absolute Gasteiger partial charge is 0.407 e. The van der Waals surface area contributed by atoms with Crippen molar-refractivity contribution in [1.29, 1.82) is 0 Å². The predicted molar refractivity (Wildman–Crippen MR) is 93.2 cm³/mol. The Hall–Kier alpha value is -2.12. The normalized spacial score (nSPS) is 24.4. The van der Waals surface area contributed by atoms with Gasteiger partial charge in [0.2, 0.25) is 0 Å². The van der Waals surface area contributed by atoms with E-state index in [4.69, 9.17) is 14.2 Å². The minimum atomic E-state index is -3.25. The first-order valence-corrected chi connectivity index (χ1v) is 11.3. The zero-order valence-electron chi connectivity index (χ0n) is 14.2. The maximum Gasteiger partial charge on any atom is 0.407 e. The second-order valence-electron chi connectivity index (χ2n) is 5.70. The number of sulfone groups is 2. The van der Waals surface area contributed by atoms with Crippen LogP contribution in [0.5, 0.6) is 0 Å². The van der Waals surface area contributed by atoms with Crippen LogP contribution >= 0.6 is 0 Å². The fraction of sp³-hybridized carbons (Fsp3) is 0.571. The van der Waals surface area contributed by atoms with Crippen molar-refractivity contribution in [3.8, 4) is 0 Å². The summed E-state index contributed by atoms with van der Waals surface area (Å²) < 4.78 is 59.5. The Kier molecular flexibility index (Phi) is 7.21. The first-order valence-electron chi connectivity index (χ1n) is 7.91. The maximum atomic E-state index is 11.5. The standard InChI is InChI=1S/C14H20N2O9S2/c17-13(15-11-1-7-26(19,20)9-11)24-5-3-23-4-6-25-14(18)16-12-2-8-27(21,22)10-12/h1-2,7-8,11-12H,3-6,9-10H2,(H,15,17)(H,16,18). The summed E-state index contributed by atoms with van der Waals surface area (Å²) in [5, 5.41) is 6.85. The Labute approximate surface area is 156 Å². The highest BCUT2D eigenvalue weighted by molar-refractivity contribution is 7.94. The van der Waals surface area contributed by atoms with Crippen LogP contribution in [-0.4, -0.2) is 79.0 Å². The van der Waals surface area contributed by atoms with Gasteiger partial charge in [0, 0.05) is 10.8 Å². The summed E-state index contributed by atoms with van der Waals surface area (Å²) in [6.45, 7) is -0.0144. The zero-order chi connectivity index (χ0) is 19.9. The van der Waals surface area contributed by atoms with Gasteiger partial charge >= 0.3 is 12.2 Å². The highest BCUT2D eigenvalue weighted by Crippen LogP contribution is 2.08. The summed E-state index contributed by atoms with van der Waals surface area (Å²) in [6, 6.07) is -1.22. The van der Waals surface area contributed by atoms with Gasteiger partial charge in [-0.2, -0.15) is 0 Å². The molecule has 0 spiro atoms. The van der Waals surface area contributed by atoms with Crippen LogP contribution < -0.4 is 10.6 Å². The molecule has 0 aromatic rings. The molecular formula is C14H20N2O9S2. The van der Waals surface area contributed by atoms with Crippen LogP contribution in [0.3, 0.4) is 0 Å². The molecule has 0 bridgehead atoms. The van der Waals surface area contributed by atoms with Gasteiger partial charge in [0.05, 0.1) is 36.8 Å². The molecule has 0 aliphatic carbocycles. The molecule has 0 aromatic heterocycles. The second-order valence-corrected chi connectivity index (χ2v) is 9.56. The van der Waals surface area contributed by atoms with Crippen molar-refractivity contribution < 1.29 is 40.6 Å². The van der Waals surface area contributed by atoms with Gasteiger partial charge in [-0.05, 0) is 12.2 Å². The van der Waals surface area contributed by atoms with Crippen LogP contribution in [0, 0.1) is 0 Å². The molecule has 2 aliphatic rings. The van der Waals surface area contributed by atoms with E-state index in [1.54, 1.807) is 0 Å². The fourth-order valence-corrected chi connectivity index (χ4v) is 4.68. The van der Waals surface area contributed by atoms with E-state index in [-0.39, 0.29) is 37.9 Å². The number of carbonyl (C=O) groups excluding carboxylic acids is 2. The van der Waals surface area contributed by atoms with Gasteiger partial charge in [0.25, 0.3) is 0 Å². The van der Waals surface area contributed by atoms with Crippen LogP contribution in [0.4, 0.5) is 9.59 Å². The molecule has 11 nitrogen and oxygen atoms in total. The number of hydrogen-bond donors (Lipinski definition) is 2. The Bertz CT molecular complexity index is 750. The molecule has 0 saturated heterocycles. The number of ether oxygens (including phenoxy) is 3. The van der Waals surface area contributed by atoms with Crippen LogP contribution in [0.2, 0.25) is 0 Å². The molecule has 0 aromatic carbocycles. The third-order valence-corrected chi connectivity index (χ3v) is 6.18. The van der Waals surface area contributed by atoms with Crippen molar-refractivity contribution in [2.24, 2.45) is 0 Å². The van der Waals surface area contributed by atoms with Crippen molar-refractivity contribution in [2.75, 3.05) is 37.9 Å². The van der Waals surface area contributed by atoms with Crippen LogP contribution in [0.15, 0.2) is 23.0 Å². The predicted octanol–water partition coefficient (Wildman–Crippen LogP) is -0.923. The number of carbonyl (C=O) groups is 2. The van der Waals surface area contributed by atoms with E-state index in [2.05, 4.69) is 10.6 Å². The molecule has 13 heteroatoms. The van der Waals surface area contributed by atoms with Crippen molar-refractivity contribution in [3.05, 3.63) is 23.0 Å². The third-order valence-electron chi connectivity index (χ3n) is 3.39. The molecule has 2 atom stereocenters. The van der Waals surface area contributed by atoms with Crippen molar-refractivity contribution in [2.45, 2.75) is 12.1 Å². The molecule has 2 heterocycles. The van der Waals surface area contributed by atoms with Crippen LogP contribution in [-0.2, 0) is 33.9 Å². The van der Waals surface area contributed by atoms with E-state index in [1.807, 2.05) is 0 Å². The number of alkyl carbamates (subject to hydrolysis) is 2. The third kappa shape index (κ3) is 7.97. The number of rotatable bonds is 8.